The highest BCUT2D eigenvalue weighted by Crippen LogP contribution is 2.29. The number of anilines is 1. The number of carbonyl (C=O) groups is 1. The molecule has 1 N–H and O–H groups in total. The topological polar surface area (TPSA) is 66.5 Å². The van der Waals surface area contributed by atoms with Gasteiger partial charge in [-0.2, -0.15) is 0 Å². The van der Waals surface area contributed by atoms with Crippen molar-refractivity contribution in [3.8, 4) is 0 Å². The van der Waals surface area contributed by atoms with Crippen molar-refractivity contribution in [3.63, 3.8) is 0 Å². The second-order valence-electron chi connectivity index (χ2n) is 8.69. The molecule has 0 saturated carbocycles. The highest BCUT2D eigenvalue weighted by Gasteiger charge is 2.28. The average molecular weight is 507 g/mol. The predicted molar refractivity (Wildman–Crippen MR) is 148 cm³/mol. The van der Waals surface area contributed by atoms with Gasteiger partial charge in [0.2, 0.25) is 0 Å². The Morgan fingerprint density at radius 1 is 0.649 bits per heavy atom. The molecule has 1 amide bonds. The van der Waals surface area contributed by atoms with Crippen molar-refractivity contribution in [3.05, 3.63) is 144 Å². The molecule has 37 heavy (non-hydrogen) atoms. The molecule has 0 aliphatic carbocycles. The molecule has 5 rings (SSSR count). The third-order valence-electron chi connectivity index (χ3n) is 6.18. The van der Waals surface area contributed by atoms with Crippen LogP contribution < -0.4 is 9.62 Å². The lowest BCUT2D eigenvalue weighted by molar-refractivity contribution is 0.0951. The van der Waals surface area contributed by atoms with Crippen molar-refractivity contribution < 1.29 is 13.2 Å². The third kappa shape index (κ3) is 5.39. The van der Waals surface area contributed by atoms with E-state index in [0.717, 1.165) is 21.9 Å². The summed E-state index contributed by atoms with van der Waals surface area (Å²) < 4.78 is 28.9. The molecule has 0 radical (unpaired) electrons. The van der Waals surface area contributed by atoms with Gasteiger partial charge in [-0.25, -0.2) is 8.42 Å². The molecule has 0 atom stereocenters. The minimum Gasteiger partial charge on any atom is -0.348 e. The lowest BCUT2D eigenvalue weighted by atomic mass is 10.1. The van der Waals surface area contributed by atoms with Crippen LogP contribution in [-0.2, 0) is 23.1 Å². The fourth-order valence-electron chi connectivity index (χ4n) is 4.28. The fraction of sp³-hybridized carbons (Fsp3) is 0.0645. The van der Waals surface area contributed by atoms with Gasteiger partial charge in [0.25, 0.3) is 15.9 Å². The van der Waals surface area contributed by atoms with Gasteiger partial charge in [0.05, 0.1) is 22.7 Å². The number of hydrogen-bond donors (Lipinski definition) is 1. The minimum atomic E-state index is -3.95. The SMILES string of the molecule is O=C(NCc1ccc2ccccc2c1)c1ccccc1N(Cc1ccccc1)S(=O)(=O)c1ccccc1. The Hall–Kier alpha value is -4.42. The second-order valence-corrected chi connectivity index (χ2v) is 10.6. The molecule has 5 aromatic carbocycles. The molecule has 0 aliphatic heterocycles. The van der Waals surface area contributed by atoms with Crippen molar-refractivity contribution in [1.82, 2.24) is 5.32 Å². The number of para-hydroxylation sites is 1. The zero-order valence-electron chi connectivity index (χ0n) is 20.1. The highest BCUT2D eigenvalue weighted by atomic mass is 32.2. The van der Waals surface area contributed by atoms with E-state index in [1.807, 2.05) is 72.8 Å². The maximum absolute atomic E-state index is 13.8. The lowest BCUT2D eigenvalue weighted by Gasteiger charge is -2.26. The first-order chi connectivity index (χ1) is 18.0. The van der Waals surface area contributed by atoms with Crippen LogP contribution in [0.15, 0.2) is 132 Å². The number of nitrogens with zero attached hydrogens (tertiary/aromatic N) is 1. The number of hydrogen-bond acceptors (Lipinski definition) is 3. The molecule has 0 fully saturated rings. The molecule has 6 heteroatoms. The van der Waals surface area contributed by atoms with Gasteiger partial charge in [-0.15, -0.1) is 0 Å². The number of rotatable bonds is 8. The summed E-state index contributed by atoms with van der Waals surface area (Å²) in [5, 5.41) is 5.20. The number of amides is 1. The molecule has 0 aromatic heterocycles. The minimum absolute atomic E-state index is 0.0903. The van der Waals surface area contributed by atoms with E-state index in [1.54, 1.807) is 54.6 Å². The Morgan fingerprint density at radius 3 is 2.03 bits per heavy atom. The summed E-state index contributed by atoms with van der Waals surface area (Å²) in [5.41, 5.74) is 2.39. The monoisotopic (exact) mass is 506 g/mol. The van der Waals surface area contributed by atoms with Gasteiger partial charge in [-0.05, 0) is 52.2 Å². The van der Waals surface area contributed by atoms with E-state index in [4.69, 9.17) is 0 Å². The molecule has 0 saturated heterocycles. The molecule has 184 valence electrons. The van der Waals surface area contributed by atoms with Crippen LogP contribution in [-0.4, -0.2) is 14.3 Å². The first-order valence-corrected chi connectivity index (χ1v) is 13.4. The van der Waals surface area contributed by atoms with Gasteiger partial charge in [0.15, 0.2) is 0 Å². The highest BCUT2D eigenvalue weighted by molar-refractivity contribution is 7.92. The summed E-state index contributed by atoms with van der Waals surface area (Å²) in [6.45, 7) is 0.412. The standard InChI is InChI=1S/C31H26N2O3S/c34-31(32-22-25-19-20-26-13-7-8-14-27(26)21-25)29-17-9-10-18-30(29)33(23-24-11-3-1-4-12-24)37(35,36)28-15-5-2-6-16-28/h1-21H,22-23H2,(H,32,34). The number of sulfonamides is 1. The van der Waals surface area contributed by atoms with E-state index < -0.39 is 10.0 Å². The van der Waals surface area contributed by atoms with E-state index >= 15 is 0 Å². The summed E-state index contributed by atoms with van der Waals surface area (Å²) in [4.78, 5) is 13.6. The summed E-state index contributed by atoms with van der Waals surface area (Å²) in [7, 11) is -3.95. The van der Waals surface area contributed by atoms with Gasteiger partial charge in [0, 0.05) is 6.54 Å². The van der Waals surface area contributed by atoms with Crippen molar-refractivity contribution in [2.24, 2.45) is 0 Å². The zero-order valence-corrected chi connectivity index (χ0v) is 20.9. The zero-order chi connectivity index (χ0) is 25.7. The predicted octanol–water partition coefficient (Wildman–Crippen LogP) is 6.17. The summed E-state index contributed by atoms with van der Waals surface area (Å²) >= 11 is 0. The molecular weight excluding hydrogens is 480 g/mol. The van der Waals surface area contributed by atoms with Gasteiger partial charge >= 0.3 is 0 Å². The fourth-order valence-corrected chi connectivity index (χ4v) is 5.77. The first-order valence-electron chi connectivity index (χ1n) is 12.0. The van der Waals surface area contributed by atoms with Gasteiger partial charge in [-0.3, -0.25) is 9.10 Å². The van der Waals surface area contributed by atoms with Crippen molar-refractivity contribution >= 4 is 32.4 Å². The summed E-state index contributed by atoms with van der Waals surface area (Å²) in [5.74, 6) is -0.343. The molecule has 0 bridgehead atoms. The maximum atomic E-state index is 13.8. The normalized spacial score (nSPS) is 11.2. The number of fused-ring (bicyclic) bond motifs is 1. The van der Waals surface area contributed by atoms with Gasteiger partial charge < -0.3 is 5.32 Å². The summed E-state index contributed by atoms with van der Waals surface area (Å²) in [6, 6.07) is 38.6. The average Bonchev–Trinajstić information content (AvgIpc) is 2.95. The Morgan fingerprint density at radius 2 is 1.27 bits per heavy atom. The molecule has 0 spiro atoms. The maximum Gasteiger partial charge on any atom is 0.264 e. The molecule has 0 unspecified atom stereocenters. The Labute approximate surface area is 217 Å². The van der Waals surface area contributed by atoms with E-state index in [2.05, 4.69) is 5.32 Å². The lowest BCUT2D eigenvalue weighted by Crippen LogP contribution is -2.33. The molecule has 0 heterocycles. The molecule has 0 aliphatic rings. The first kappa shape index (κ1) is 24.3. The molecule has 5 nitrogen and oxygen atoms in total. The quantitative estimate of drug-likeness (QED) is 0.274. The van der Waals surface area contributed by atoms with Gasteiger partial charge in [-0.1, -0.05) is 97.1 Å². The Balaban J connectivity index is 1.47. The van der Waals surface area contributed by atoms with Crippen molar-refractivity contribution in [2.45, 2.75) is 18.0 Å². The molecular formula is C31H26N2O3S. The van der Waals surface area contributed by atoms with Crippen LogP contribution in [0.4, 0.5) is 5.69 Å². The van der Waals surface area contributed by atoms with E-state index in [0.29, 0.717) is 17.8 Å². The van der Waals surface area contributed by atoms with Gasteiger partial charge in [0.1, 0.15) is 0 Å². The van der Waals surface area contributed by atoms with Crippen LogP contribution in [0, 0.1) is 0 Å². The van der Waals surface area contributed by atoms with E-state index in [-0.39, 0.29) is 17.3 Å². The smallest absolute Gasteiger partial charge is 0.264 e. The number of benzene rings is 5. The third-order valence-corrected chi connectivity index (χ3v) is 7.96. The Bertz CT molecular complexity index is 1640. The van der Waals surface area contributed by atoms with Crippen LogP contribution in [0.3, 0.4) is 0 Å². The number of carbonyl (C=O) groups excluding carboxylic acids is 1. The molecule has 5 aromatic rings. The van der Waals surface area contributed by atoms with Crippen LogP contribution in [0.2, 0.25) is 0 Å². The number of nitrogens with one attached hydrogen (secondary N) is 1. The largest absolute Gasteiger partial charge is 0.348 e. The Kier molecular flexibility index (Phi) is 7.01. The van der Waals surface area contributed by atoms with E-state index in [9.17, 15) is 13.2 Å². The van der Waals surface area contributed by atoms with Crippen LogP contribution >= 0.6 is 0 Å². The second kappa shape index (κ2) is 10.7. The van der Waals surface area contributed by atoms with Crippen LogP contribution in [0.1, 0.15) is 21.5 Å². The van der Waals surface area contributed by atoms with Crippen molar-refractivity contribution in [2.75, 3.05) is 4.31 Å². The summed E-state index contributed by atoms with van der Waals surface area (Å²) in [6.07, 6.45) is 0. The van der Waals surface area contributed by atoms with Crippen LogP contribution in [0.5, 0.6) is 0 Å². The van der Waals surface area contributed by atoms with Crippen molar-refractivity contribution in [1.29, 1.82) is 0 Å². The van der Waals surface area contributed by atoms with E-state index in [1.165, 1.54) is 4.31 Å². The van der Waals surface area contributed by atoms with Crippen LogP contribution in [0.25, 0.3) is 10.8 Å².